The SMILES string of the molecule is CC(C)(C)[Si](C)(C)OCc1cc(CCCS(=O)(=O)[O-])c(/C=C2\N=C(c3ccc[nH]3)C=C2CCC[N+](C)(C)C)[nH]1. The Kier molecular flexibility index (Phi) is 9.70. The summed E-state index contributed by atoms with van der Waals surface area (Å²) in [6, 6.07) is 6.02. The van der Waals surface area contributed by atoms with Crippen molar-refractivity contribution in [1.29, 1.82) is 0 Å². The first-order valence-electron chi connectivity index (χ1n) is 13.7. The quantitative estimate of drug-likeness (QED) is 0.184. The zero-order valence-electron chi connectivity index (χ0n) is 24.8. The predicted octanol–water partition coefficient (Wildman–Crippen LogP) is 5.60. The molecule has 2 aromatic rings. The van der Waals surface area contributed by atoms with E-state index in [4.69, 9.17) is 9.42 Å². The van der Waals surface area contributed by atoms with E-state index in [1.54, 1.807) is 0 Å². The third-order valence-corrected chi connectivity index (χ3v) is 12.8. The van der Waals surface area contributed by atoms with Gasteiger partial charge in [-0.25, -0.2) is 13.4 Å². The lowest BCUT2D eigenvalue weighted by molar-refractivity contribution is -0.870. The van der Waals surface area contributed by atoms with E-state index >= 15 is 0 Å². The van der Waals surface area contributed by atoms with Gasteiger partial charge in [-0.15, -0.1) is 0 Å². The maximum Gasteiger partial charge on any atom is 0.192 e. The minimum atomic E-state index is -4.26. The maximum atomic E-state index is 11.2. The van der Waals surface area contributed by atoms with Crippen molar-refractivity contribution in [3.63, 3.8) is 0 Å². The Bertz CT molecular complexity index is 1320. The molecule has 1 aliphatic heterocycles. The largest absolute Gasteiger partial charge is 0.748 e. The van der Waals surface area contributed by atoms with Gasteiger partial charge in [-0.2, -0.15) is 0 Å². The molecule has 0 aromatic carbocycles. The summed E-state index contributed by atoms with van der Waals surface area (Å²) in [5.74, 6) is -0.380. The smallest absolute Gasteiger partial charge is 0.192 e. The van der Waals surface area contributed by atoms with Crippen molar-refractivity contribution >= 4 is 30.2 Å². The molecule has 0 fully saturated rings. The summed E-state index contributed by atoms with van der Waals surface area (Å²) in [6.07, 6.45) is 8.79. The van der Waals surface area contributed by atoms with E-state index in [2.05, 4.69) is 77.1 Å². The molecule has 2 N–H and O–H groups in total. The summed E-state index contributed by atoms with van der Waals surface area (Å²) in [7, 11) is 0.369. The predicted molar refractivity (Wildman–Crippen MR) is 161 cm³/mol. The van der Waals surface area contributed by atoms with E-state index in [1.807, 2.05) is 24.4 Å². The van der Waals surface area contributed by atoms with E-state index in [-0.39, 0.29) is 17.2 Å². The number of hydrogen-bond acceptors (Lipinski definition) is 5. The van der Waals surface area contributed by atoms with Crippen LogP contribution in [0.4, 0.5) is 0 Å². The fourth-order valence-electron chi connectivity index (χ4n) is 4.21. The molecule has 0 unspecified atom stereocenters. The van der Waals surface area contributed by atoms with Crippen LogP contribution >= 0.6 is 0 Å². The molecule has 3 rings (SSSR count). The summed E-state index contributed by atoms with van der Waals surface area (Å²) in [6.45, 7) is 12.6. The van der Waals surface area contributed by atoms with Crippen LogP contribution in [-0.2, 0) is 27.6 Å². The van der Waals surface area contributed by atoms with Crippen LogP contribution in [0.3, 0.4) is 0 Å². The molecule has 39 heavy (non-hydrogen) atoms. The van der Waals surface area contributed by atoms with Crippen LogP contribution < -0.4 is 0 Å². The number of aryl methyl sites for hydroxylation is 1. The molecule has 0 saturated carbocycles. The van der Waals surface area contributed by atoms with Crippen molar-refractivity contribution in [2.24, 2.45) is 4.99 Å². The second kappa shape index (κ2) is 12.1. The molecule has 2 aromatic heterocycles. The van der Waals surface area contributed by atoms with E-state index in [9.17, 15) is 13.0 Å². The fourth-order valence-corrected chi connectivity index (χ4v) is 5.66. The van der Waals surface area contributed by atoms with Crippen molar-refractivity contribution in [2.75, 3.05) is 33.4 Å². The summed E-state index contributed by atoms with van der Waals surface area (Å²) in [5, 5.41) is 0.0912. The molecule has 0 saturated heterocycles. The normalized spacial score (nSPS) is 16.2. The topological polar surface area (TPSA) is 110 Å². The highest BCUT2D eigenvalue weighted by molar-refractivity contribution is 7.85. The Morgan fingerprint density at radius 3 is 2.46 bits per heavy atom. The molecule has 0 spiro atoms. The van der Waals surface area contributed by atoms with Crippen molar-refractivity contribution < 1.29 is 21.9 Å². The van der Waals surface area contributed by atoms with Gasteiger partial charge in [0.15, 0.2) is 8.32 Å². The minimum Gasteiger partial charge on any atom is -0.748 e. The average molecular weight is 575 g/mol. The number of rotatable bonds is 13. The lowest BCUT2D eigenvalue weighted by Crippen LogP contribution is -2.40. The molecule has 0 aliphatic carbocycles. The molecule has 3 heterocycles. The summed E-state index contributed by atoms with van der Waals surface area (Å²) < 4.78 is 41.1. The van der Waals surface area contributed by atoms with Crippen molar-refractivity contribution in [3.8, 4) is 0 Å². The number of aromatic amines is 2. The highest BCUT2D eigenvalue weighted by atomic mass is 32.2. The second-order valence-corrected chi connectivity index (χ2v) is 19.4. The first-order chi connectivity index (χ1) is 17.9. The standard InChI is InChI=1S/C29H46N4O4SSi/c1-29(2,3)39(7,8)37-21-24-18-22(13-11-17-38(34,35)36)26(31-24)20-27-23(12-10-16-33(4,5)6)19-28(32-27)25-14-9-15-30-25/h9,14-15,18-20,30-31H,10-13,16-17,21H2,1-8H3/b27-20-. The third-order valence-electron chi connectivity index (χ3n) is 7.54. The van der Waals surface area contributed by atoms with Crippen LogP contribution in [0.1, 0.15) is 62.7 Å². The zero-order chi connectivity index (χ0) is 29.1. The van der Waals surface area contributed by atoms with Gasteiger partial charge in [0.1, 0.15) is 0 Å². The molecule has 1 aliphatic rings. The van der Waals surface area contributed by atoms with Crippen LogP contribution in [0.5, 0.6) is 0 Å². The fraction of sp³-hybridized carbons (Fsp3) is 0.552. The average Bonchev–Trinajstić information content (AvgIpc) is 3.51. The van der Waals surface area contributed by atoms with Gasteiger partial charge < -0.3 is 23.4 Å². The van der Waals surface area contributed by atoms with E-state index in [0.29, 0.717) is 13.0 Å². The van der Waals surface area contributed by atoms with Gasteiger partial charge >= 0.3 is 0 Å². The Morgan fingerprint density at radius 2 is 1.87 bits per heavy atom. The summed E-state index contributed by atoms with van der Waals surface area (Å²) in [5.41, 5.74) is 6.74. The van der Waals surface area contributed by atoms with Gasteiger partial charge in [-0.1, -0.05) is 20.8 Å². The highest BCUT2D eigenvalue weighted by Crippen LogP contribution is 2.37. The van der Waals surface area contributed by atoms with Crippen molar-refractivity contribution in [3.05, 3.63) is 64.4 Å². The van der Waals surface area contributed by atoms with Gasteiger partial charge in [0.05, 0.1) is 61.5 Å². The monoisotopic (exact) mass is 574 g/mol. The first-order valence-corrected chi connectivity index (χ1v) is 18.2. The molecule has 8 nitrogen and oxygen atoms in total. The molecule has 0 radical (unpaired) electrons. The van der Waals surface area contributed by atoms with E-state index in [0.717, 1.165) is 57.9 Å². The van der Waals surface area contributed by atoms with Crippen LogP contribution in [0.15, 0.2) is 46.7 Å². The van der Waals surface area contributed by atoms with Crippen molar-refractivity contribution in [1.82, 2.24) is 9.97 Å². The van der Waals surface area contributed by atoms with E-state index < -0.39 is 18.4 Å². The number of nitrogens with zero attached hydrogens (tertiary/aromatic N) is 2. The lowest BCUT2D eigenvalue weighted by Gasteiger charge is -2.36. The van der Waals surface area contributed by atoms with Gasteiger partial charge in [0.25, 0.3) is 0 Å². The van der Waals surface area contributed by atoms with Gasteiger partial charge in [0.2, 0.25) is 0 Å². The van der Waals surface area contributed by atoms with E-state index in [1.165, 1.54) is 5.57 Å². The van der Waals surface area contributed by atoms with Gasteiger partial charge in [0, 0.05) is 29.8 Å². The molecule has 10 heteroatoms. The summed E-state index contributed by atoms with van der Waals surface area (Å²) >= 11 is 0. The minimum absolute atomic E-state index is 0.0912. The van der Waals surface area contributed by atoms with Gasteiger partial charge in [-0.05, 0) is 78.9 Å². The first kappa shape index (κ1) is 31.3. The van der Waals surface area contributed by atoms with Crippen LogP contribution in [-0.4, -0.2) is 74.9 Å². The Balaban J connectivity index is 1.92. The number of hydrogen-bond donors (Lipinski definition) is 2. The highest BCUT2D eigenvalue weighted by Gasteiger charge is 2.37. The Hall–Kier alpha value is -2.24. The summed E-state index contributed by atoms with van der Waals surface area (Å²) in [4.78, 5) is 11.7. The molecular formula is C29H46N4O4SSi. The van der Waals surface area contributed by atoms with Crippen molar-refractivity contribution in [2.45, 2.75) is 71.2 Å². The Morgan fingerprint density at radius 1 is 1.15 bits per heavy atom. The molecular weight excluding hydrogens is 528 g/mol. The second-order valence-electron chi connectivity index (χ2n) is 13.0. The lowest BCUT2D eigenvalue weighted by atomic mass is 10.0. The maximum absolute atomic E-state index is 11.2. The number of nitrogens with one attached hydrogen (secondary N) is 2. The molecule has 0 amide bonds. The number of H-pyrrole nitrogens is 2. The van der Waals surface area contributed by atoms with Gasteiger partial charge in [-0.3, -0.25) is 0 Å². The number of aromatic nitrogens is 2. The number of allylic oxidation sites excluding steroid dienone is 2. The van der Waals surface area contributed by atoms with Crippen LogP contribution in [0.2, 0.25) is 18.1 Å². The number of aliphatic imine (C=N–C) groups is 1. The molecule has 0 atom stereocenters. The molecule has 0 bridgehead atoms. The number of quaternary nitrogens is 1. The zero-order valence-corrected chi connectivity index (χ0v) is 26.7. The molecule has 216 valence electrons. The van der Waals surface area contributed by atoms with Crippen LogP contribution in [0.25, 0.3) is 6.08 Å². The third kappa shape index (κ3) is 9.42. The van der Waals surface area contributed by atoms with Crippen LogP contribution in [0, 0.1) is 0 Å². The Labute approximate surface area is 235 Å².